The van der Waals surface area contributed by atoms with Gasteiger partial charge in [-0.05, 0) is 37.0 Å². The van der Waals surface area contributed by atoms with E-state index in [0.717, 1.165) is 24.3 Å². The van der Waals surface area contributed by atoms with E-state index in [-0.39, 0.29) is 5.91 Å². The van der Waals surface area contributed by atoms with E-state index in [1.165, 1.54) is 19.3 Å². The lowest BCUT2D eigenvalue weighted by Gasteiger charge is -2.35. The summed E-state index contributed by atoms with van der Waals surface area (Å²) in [4.78, 5) is 16.3. The Morgan fingerprint density at radius 2 is 2.20 bits per heavy atom. The number of carbonyl (C=O) groups is 1. The first-order chi connectivity index (χ1) is 9.52. The predicted octanol–water partition coefficient (Wildman–Crippen LogP) is 2.60. The van der Waals surface area contributed by atoms with Gasteiger partial charge in [0.05, 0.1) is 11.3 Å². The van der Waals surface area contributed by atoms with Gasteiger partial charge in [-0.1, -0.05) is 13.3 Å². The van der Waals surface area contributed by atoms with Crippen LogP contribution in [0.15, 0.2) is 18.2 Å². The predicted molar refractivity (Wildman–Crippen MR) is 84.1 cm³/mol. The van der Waals surface area contributed by atoms with Crippen molar-refractivity contribution in [2.75, 3.05) is 37.8 Å². The minimum atomic E-state index is 0.0404. The fourth-order valence-corrected chi connectivity index (χ4v) is 2.85. The minimum Gasteiger partial charge on any atom is -0.399 e. The summed E-state index contributed by atoms with van der Waals surface area (Å²) in [5, 5.41) is 0. The standard InChI is InChI=1S/C16H25N3O/c1-4-12-6-5-9-19(11-12)15-10-13(17)7-8-14(15)16(20)18(2)3/h7-8,10,12H,4-6,9,11,17H2,1-3H3. The van der Waals surface area contributed by atoms with Crippen molar-refractivity contribution >= 4 is 17.3 Å². The number of anilines is 2. The summed E-state index contributed by atoms with van der Waals surface area (Å²) in [6, 6.07) is 5.60. The highest BCUT2D eigenvalue weighted by Gasteiger charge is 2.23. The lowest BCUT2D eigenvalue weighted by Crippen LogP contribution is -2.37. The zero-order chi connectivity index (χ0) is 14.7. The maximum Gasteiger partial charge on any atom is 0.255 e. The Hall–Kier alpha value is -1.71. The highest BCUT2D eigenvalue weighted by molar-refractivity contribution is 6.00. The van der Waals surface area contributed by atoms with Crippen LogP contribution in [0.4, 0.5) is 11.4 Å². The third kappa shape index (κ3) is 3.06. The van der Waals surface area contributed by atoms with E-state index in [9.17, 15) is 4.79 Å². The molecule has 0 radical (unpaired) electrons. The second-order valence-corrected chi connectivity index (χ2v) is 5.84. The van der Waals surface area contributed by atoms with Crippen LogP contribution in [0.5, 0.6) is 0 Å². The van der Waals surface area contributed by atoms with Gasteiger partial charge < -0.3 is 15.5 Å². The number of piperidine rings is 1. The number of nitrogens with two attached hydrogens (primary N) is 1. The Kier molecular flexibility index (Phi) is 4.53. The molecule has 1 aliphatic heterocycles. The lowest BCUT2D eigenvalue weighted by molar-refractivity contribution is 0.0828. The molecular formula is C16H25N3O. The molecule has 0 bridgehead atoms. The number of carbonyl (C=O) groups excluding carboxylic acids is 1. The molecule has 2 N–H and O–H groups in total. The van der Waals surface area contributed by atoms with Crippen molar-refractivity contribution in [2.45, 2.75) is 26.2 Å². The second-order valence-electron chi connectivity index (χ2n) is 5.84. The SMILES string of the molecule is CCC1CCCN(c2cc(N)ccc2C(=O)N(C)C)C1. The van der Waals surface area contributed by atoms with E-state index >= 15 is 0 Å². The van der Waals surface area contributed by atoms with E-state index in [2.05, 4.69) is 11.8 Å². The van der Waals surface area contributed by atoms with E-state index in [0.29, 0.717) is 11.6 Å². The topological polar surface area (TPSA) is 49.6 Å². The summed E-state index contributed by atoms with van der Waals surface area (Å²) < 4.78 is 0. The van der Waals surface area contributed by atoms with Crippen LogP contribution in [-0.4, -0.2) is 38.0 Å². The summed E-state index contributed by atoms with van der Waals surface area (Å²) in [5.41, 5.74) is 8.38. The first kappa shape index (κ1) is 14.7. The zero-order valence-electron chi connectivity index (χ0n) is 12.7. The van der Waals surface area contributed by atoms with E-state index in [1.54, 1.807) is 19.0 Å². The number of amides is 1. The van der Waals surface area contributed by atoms with Crippen molar-refractivity contribution in [3.63, 3.8) is 0 Å². The Morgan fingerprint density at radius 3 is 2.85 bits per heavy atom. The number of benzene rings is 1. The molecule has 1 aromatic carbocycles. The highest BCUT2D eigenvalue weighted by Crippen LogP contribution is 2.29. The molecule has 1 heterocycles. The van der Waals surface area contributed by atoms with Crippen LogP contribution in [0.1, 0.15) is 36.5 Å². The van der Waals surface area contributed by atoms with Crippen LogP contribution in [0.25, 0.3) is 0 Å². The van der Waals surface area contributed by atoms with E-state index < -0.39 is 0 Å². The average molecular weight is 275 g/mol. The Morgan fingerprint density at radius 1 is 1.45 bits per heavy atom. The third-order valence-corrected chi connectivity index (χ3v) is 4.10. The van der Waals surface area contributed by atoms with Gasteiger partial charge in [0.1, 0.15) is 0 Å². The van der Waals surface area contributed by atoms with Gasteiger partial charge in [0.25, 0.3) is 5.91 Å². The Bertz CT molecular complexity index is 485. The molecule has 20 heavy (non-hydrogen) atoms. The normalized spacial score (nSPS) is 18.9. The molecule has 1 amide bonds. The maximum absolute atomic E-state index is 12.3. The first-order valence-corrected chi connectivity index (χ1v) is 7.39. The van der Waals surface area contributed by atoms with Crippen LogP contribution in [0.2, 0.25) is 0 Å². The largest absolute Gasteiger partial charge is 0.399 e. The second kappa shape index (κ2) is 6.16. The molecule has 1 unspecified atom stereocenters. The maximum atomic E-state index is 12.3. The summed E-state index contributed by atoms with van der Waals surface area (Å²) in [6.07, 6.45) is 3.66. The van der Waals surface area contributed by atoms with Crippen molar-refractivity contribution < 1.29 is 4.79 Å². The number of hydrogen-bond acceptors (Lipinski definition) is 3. The van der Waals surface area contributed by atoms with Crippen LogP contribution in [0, 0.1) is 5.92 Å². The molecule has 1 saturated heterocycles. The van der Waals surface area contributed by atoms with Crippen LogP contribution < -0.4 is 10.6 Å². The summed E-state index contributed by atoms with van der Waals surface area (Å²) in [7, 11) is 3.57. The fraction of sp³-hybridized carbons (Fsp3) is 0.562. The highest BCUT2D eigenvalue weighted by atomic mass is 16.2. The van der Waals surface area contributed by atoms with Gasteiger partial charge in [-0.25, -0.2) is 0 Å². The summed E-state index contributed by atoms with van der Waals surface area (Å²) >= 11 is 0. The Labute approximate surface area is 121 Å². The van der Waals surface area contributed by atoms with Crippen molar-refractivity contribution in [1.82, 2.24) is 4.90 Å². The van der Waals surface area contributed by atoms with Gasteiger partial charge in [0.2, 0.25) is 0 Å². The van der Waals surface area contributed by atoms with Crippen molar-refractivity contribution in [3.05, 3.63) is 23.8 Å². The zero-order valence-corrected chi connectivity index (χ0v) is 12.7. The van der Waals surface area contributed by atoms with Crippen molar-refractivity contribution in [2.24, 2.45) is 5.92 Å². The molecule has 0 aromatic heterocycles. The summed E-state index contributed by atoms with van der Waals surface area (Å²) in [5.74, 6) is 0.756. The minimum absolute atomic E-state index is 0.0404. The third-order valence-electron chi connectivity index (χ3n) is 4.10. The molecule has 2 rings (SSSR count). The van der Waals surface area contributed by atoms with Crippen LogP contribution in [0.3, 0.4) is 0 Å². The number of nitrogen functional groups attached to an aromatic ring is 1. The lowest BCUT2D eigenvalue weighted by atomic mass is 9.94. The number of rotatable bonds is 3. The molecule has 4 nitrogen and oxygen atoms in total. The number of nitrogens with zero attached hydrogens (tertiary/aromatic N) is 2. The monoisotopic (exact) mass is 275 g/mol. The van der Waals surface area contributed by atoms with Gasteiger partial charge in [-0.3, -0.25) is 4.79 Å². The average Bonchev–Trinajstić information content (AvgIpc) is 2.46. The molecule has 1 aliphatic rings. The molecule has 1 fully saturated rings. The van der Waals surface area contributed by atoms with Gasteiger partial charge >= 0.3 is 0 Å². The first-order valence-electron chi connectivity index (χ1n) is 7.39. The fourth-order valence-electron chi connectivity index (χ4n) is 2.85. The Balaban J connectivity index is 2.34. The molecule has 0 spiro atoms. The molecule has 0 aliphatic carbocycles. The van der Waals surface area contributed by atoms with E-state index in [1.807, 2.05) is 18.2 Å². The molecule has 4 heteroatoms. The van der Waals surface area contributed by atoms with Gasteiger partial charge in [-0.2, -0.15) is 0 Å². The quantitative estimate of drug-likeness (QED) is 0.863. The van der Waals surface area contributed by atoms with E-state index in [4.69, 9.17) is 5.73 Å². The van der Waals surface area contributed by atoms with Crippen molar-refractivity contribution in [1.29, 1.82) is 0 Å². The van der Waals surface area contributed by atoms with Crippen molar-refractivity contribution in [3.8, 4) is 0 Å². The molecule has 0 saturated carbocycles. The summed E-state index contributed by atoms with van der Waals surface area (Å²) in [6.45, 7) is 4.26. The molecule has 110 valence electrons. The molecule has 1 atom stereocenters. The van der Waals surface area contributed by atoms with Crippen LogP contribution in [-0.2, 0) is 0 Å². The van der Waals surface area contributed by atoms with Crippen LogP contribution >= 0.6 is 0 Å². The number of hydrogen-bond donors (Lipinski definition) is 1. The smallest absolute Gasteiger partial charge is 0.255 e. The molecular weight excluding hydrogens is 250 g/mol. The van der Waals surface area contributed by atoms with Gasteiger partial charge in [0.15, 0.2) is 0 Å². The van der Waals surface area contributed by atoms with Gasteiger partial charge in [-0.15, -0.1) is 0 Å². The van der Waals surface area contributed by atoms with Gasteiger partial charge in [0, 0.05) is 32.9 Å². The molecule has 1 aromatic rings.